The molecule has 9 nitrogen and oxygen atoms in total. The van der Waals surface area contributed by atoms with Crippen molar-refractivity contribution in [2.24, 2.45) is 0 Å². The number of anilines is 13. The SMILES string of the molecule is C1CCOC1.Nc1cccc2cccc(-c3cccc(-c4cc(-c5ccccc5)cc(N(c5ccccc5)c5ccccc5)c4)c3)c12.Nc1cccc2cccc(Br)c12.OB(O)c1cccc(-c2cc(-c3ccccc3)cc(N(c3ccccc3)c3ccccc3)c2)c1.[Cu][I].c1ccc(-c2cc(-c3ccc4c(c3)-c3cccc5cccc(c35)N4)cc(N(c3ccccc3)c3ccccc3)c2)cc1. The van der Waals surface area contributed by atoms with Gasteiger partial charge in [-0.15, -0.1) is 0 Å². The first-order valence-electron chi connectivity index (χ1n) is 45.8. The summed E-state index contributed by atoms with van der Waals surface area (Å²) in [5, 5.41) is 30.2. The maximum atomic E-state index is 9.72. The van der Waals surface area contributed by atoms with Gasteiger partial charge in [0.15, 0.2) is 0 Å². The van der Waals surface area contributed by atoms with Crippen LogP contribution >= 0.6 is 36.3 Å². The predicted molar refractivity (Wildman–Crippen MR) is 590 cm³/mol. The molecule has 23 rings (SSSR count). The van der Waals surface area contributed by atoms with Crippen LogP contribution in [-0.2, 0) is 17.5 Å². The molecule has 21 aromatic carbocycles. The summed E-state index contributed by atoms with van der Waals surface area (Å²) in [5.41, 5.74) is 44.8. The third-order valence-corrected chi connectivity index (χ3v) is 25.1. The molecule has 0 aliphatic carbocycles. The van der Waals surface area contributed by atoms with Gasteiger partial charge in [0, 0.05) is 113 Å². The zero-order valence-corrected chi connectivity index (χ0v) is 79.9. The number of nitrogens with two attached hydrogens (primary N) is 2. The quantitative estimate of drug-likeness (QED) is 0.0344. The molecule has 0 atom stereocenters. The molecule has 0 unspecified atom stereocenters. The zero-order valence-electron chi connectivity index (χ0n) is 75.2. The van der Waals surface area contributed by atoms with E-state index in [1.54, 1.807) is 26.4 Å². The average molecular weight is 2000 g/mol. The predicted octanol–water partition coefficient (Wildman–Crippen LogP) is 33.3. The second-order valence-corrected chi connectivity index (χ2v) is 34.2. The van der Waals surface area contributed by atoms with Gasteiger partial charge in [-0.2, -0.15) is 0 Å². The first-order valence-corrected chi connectivity index (χ1v) is 49.6. The third kappa shape index (κ3) is 22.0. The van der Waals surface area contributed by atoms with E-state index in [9.17, 15) is 10.0 Å². The summed E-state index contributed by atoms with van der Waals surface area (Å²) in [4.78, 5) is 6.90. The zero-order chi connectivity index (χ0) is 93.6. The van der Waals surface area contributed by atoms with Crippen LogP contribution in [0.15, 0.2) is 508 Å². The number of benzene rings is 21. The summed E-state index contributed by atoms with van der Waals surface area (Å²) in [7, 11) is -1.51. The van der Waals surface area contributed by atoms with Gasteiger partial charge in [0.1, 0.15) is 0 Å². The fourth-order valence-electron chi connectivity index (χ4n) is 18.0. The second-order valence-electron chi connectivity index (χ2n) is 33.4. The van der Waals surface area contributed by atoms with Crippen molar-refractivity contribution in [2.75, 3.05) is 44.7 Å². The average Bonchev–Trinajstić information content (AvgIpc) is 0.939. The Morgan fingerprint density at radius 1 is 0.248 bits per heavy atom. The Morgan fingerprint density at radius 3 is 0.934 bits per heavy atom. The van der Waals surface area contributed by atoms with Gasteiger partial charge >= 0.3 is 40.2 Å². The Labute approximate surface area is 830 Å². The number of nitrogen functional groups attached to an aromatic ring is 2. The summed E-state index contributed by atoms with van der Waals surface area (Å²) >= 11 is 9.34. The maximum absolute atomic E-state index is 9.72. The molecule has 0 spiro atoms. The van der Waals surface area contributed by atoms with Crippen molar-refractivity contribution in [1.29, 1.82) is 0 Å². The normalized spacial score (nSPS) is 11.4. The largest absolute Gasteiger partial charge is 0.354 e. The molecule has 0 saturated carbocycles. The van der Waals surface area contributed by atoms with E-state index < -0.39 is 7.12 Å². The van der Waals surface area contributed by atoms with Crippen LogP contribution in [0, 0.1) is 0 Å². The van der Waals surface area contributed by atoms with Gasteiger partial charge in [0.2, 0.25) is 0 Å². The number of nitrogens with one attached hydrogen (secondary N) is 1. The van der Waals surface area contributed by atoms with Crippen molar-refractivity contribution in [3.63, 3.8) is 0 Å². The molecular formula is C124H98BBrCuIN6O3. The van der Waals surface area contributed by atoms with Crippen molar-refractivity contribution >= 4 is 155 Å². The number of fused-ring (bicyclic) bond motifs is 4. The van der Waals surface area contributed by atoms with Gasteiger partial charge in [-0.05, 0) is 288 Å². The van der Waals surface area contributed by atoms with Crippen LogP contribution in [0.4, 0.5) is 73.9 Å². The van der Waals surface area contributed by atoms with Gasteiger partial charge in [-0.3, -0.25) is 0 Å². The minimum absolute atomic E-state index is 0.465. The van der Waals surface area contributed by atoms with E-state index in [1.165, 1.54) is 73.5 Å². The minimum atomic E-state index is -1.51. The van der Waals surface area contributed by atoms with Crippen LogP contribution < -0.4 is 36.9 Å². The first-order chi connectivity index (χ1) is 67.5. The van der Waals surface area contributed by atoms with Crippen LogP contribution in [0.2, 0.25) is 0 Å². The molecule has 0 bridgehead atoms. The Hall–Kier alpha value is -15.1. The van der Waals surface area contributed by atoms with Crippen molar-refractivity contribution in [1.82, 2.24) is 0 Å². The van der Waals surface area contributed by atoms with E-state index in [0.29, 0.717) is 5.46 Å². The third-order valence-electron chi connectivity index (χ3n) is 24.4. The number of halogens is 2. The number of para-hydroxylation sites is 6. The Morgan fingerprint density at radius 2 is 0.547 bits per heavy atom. The molecule has 1 saturated heterocycles. The molecule has 0 radical (unpaired) electrons. The molecular weight excluding hydrogens is 1900 g/mol. The van der Waals surface area contributed by atoms with Crippen molar-refractivity contribution in [3.8, 4) is 89.0 Å². The number of hydrogen-bond acceptors (Lipinski definition) is 9. The van der Waals surface area contributed by atoms with E-state index in [2.05, 4.69) is 437 Å². The standard InChI is InChI=1S/C40H28N2.C40H30N2.C30H24BNO2.C10H8BrN.C4H8O.Cu.HI/c1-4-12-28(13-5-1)31-24-32(26-35(25-31)42(33-16-6-2-7-17-33)34-18-8-3-9-19-34)30-22-23-38-37(27-30)36-20-10-14-29-15-11-21-39(41-38)40(29)36;41-39-24-12-16-30-15-11-23-38(40(30)39)32-18-10-17-31(25-32)34-26-33(29-13-4-1-5-14-29)27-37(28-34)42(35-19-6-2-7-20-35)36-21-8-3-9-22-36;33-31(34)27-14-10-13-24(20-27)26-19-25(23-11-4-1-5-12-23)21-30(22-26)32(28-15-6-2-7-16-28)29-17-8-3-9-18-29;11-8-5-1-3-7-4-2-6-9(12)10(7)8;1-2-4-5-3-1;;/h1-27,41H;1-28H,41H2;1-22,33-34H;1-6H,12H2;1-4H2;;1H/q;;;;;+1;/p-1. The van der Waals surface area contributed by atoms with Crippen LogP contribution in [0.1, 0.15) is 12.8 Å². The van der Waals surface area contributed by atoms with Crippen LogP contribution in [0.3, 0.4) is 0 Å². The topological polar surface area (TPSA) is 123 Å². The summed E-state index contributed by atoms with van der Waals surface area (Å²) in [6, 6.07) is 175. The number of hydrogen-bond donors (Lipinski definition) is 5. The Balaban J connectivity index is 0.000000125. The number of ether oxygens (including phenoxy) is 1. The van der Waals surface area contributed by atoms with Crippen molar-refractivity contribution < 1.29 is 27.5 Å². The van der Waals surface area contributed by atoms with Crippen molar-refractivity contribution in [2.45, 2.75) is 12.8 Å². The molecule has 21 aromatic rings. The monoisotopic (exact) mass is 2000 g/mol. The van der Waals surface area contributed by atoms with Crippen LogP contribution in [-0.4, -0.2) is 30.4 Å². The molecule has 13 heteroatoms. The van der Waals surface area contributed by atoms with Gasteiger partial charge in [0.05, 0.1) is 0 Å². The fourth-order valence-corrected chi connectivity index (χ4v) is 18.6. The van der Waals surface area contributed by atoms with E-state index in [1.807, 2.05) is 109 Å². The number of nitrogens with zero attached hydrogens (tertiary/aromatic N) is 3. The van der Waals surface area contributed by atoms with Crippen LogP contribution in [0.5, 0.6) is 0 Å². The Kier molecular flexibility index (Phi) is 30.2. The molecule has 2 aliphatic rings. The van der Waals surface area contributed by atoms with Gasteiger partial charge < -0.3 is 46.3 Å². The molecule has 1 fully saturated rings. The minimum Gasteiger partial charge on any atom is -0.354 e. The molecule has 2 heterocycles. The van der Waals surface area contributed by atoms with E-state index in [4.69, 9.17) is 16.2 Å². The fraction of sp³-hybridized carbons (Fsp3) is 0.0323. The Bertz CT molecular complexity index is 7420. The molecule has 7 N–H and O–H groups in total. The maximum Gasteiger partial charge on any atom is 0.0473 e. The smallest absolute Gasteiger partial charge is 0.0473 e. The summed E-state index contributed by atoms with van der Waals surface area (Å²) in [6.07, 6.45) is 2.56. The molecule has 2 aliphatic heterocycles. The molecule has 0 aromatic heterocycles. The summed E-state index contributed by atoms with van der Waals surface area (Å²) in [6.45, 7) is 2.00. The van der Waals surface area contributed by atoms with E-state index in [-0.39, 0.29) is 0 Å². The molecule has 670 valence electrons. The molecule has 137 heavy (non-hydrogen) atoms. The summed E-state index contributed by atoms with van der Waals surface area (Å²) in [5.74, 6) is 0. The number of rotatable bonds is 17. The van der Waals surface area contributed by atoms with Gasteiger partial charge in [0.25, 0.3) is 0 Å². The summed E-state index contributed by atoms with van der Waals surface area (Å²) < 4.78 is 6.00. The molecule has 0 amide bonds. The second kappa shape index (κ2) is 44.8. The first kappa shape index (κ1) is 92.3. The van der Waals surface area contributed by atoms with Crippen molar-refractivity contribution in [3.05, 3.63) is 508 Å². The van der Waals surface area contributed by atoms with Gasteiger partial charge in [-0.1, -0.05) is 350 Å². The van der Waals surface area contributed by atoms with E-state index >= 15 is 0 Å². The van der Waals surface area contributed by atoms with E-state index in [0.717, 1.165) is 152 Å². The van der Waals surface area contributed by atoms with Gasteiger partial charge in [-0.25, -0.2) is 0 Å². The van der Waals surface area contributed by atoms with Crippen LogP contribution in [0.25, 0.3) is 121 Å².